The van der Waals surface area contributed by atoms with Crippen molar-refractivity contribution in [1.82, 2.24) is 5.43 Å². The van der Waals surface area contributed by atoms with E-state index in [4.69, 9.17) is 27.9 Å². The zero-order valence-electron chi connectivity index (χ0n) is 12.8. The Bertz CT molecular complexity index is 725. The first kappa shape index (κ1) is 17.3. The van der Waals surface area contributed by atoms with E-state index >= 15 is 0 Å². The van der Waals surface area contributed by atoms with Crippen molar-refractivity contribution in [2.45, 2.75) is 13.8 Å². The highest BCUT2D eigenvalue weighted by Crippen LogP contribution is 2.22. The number of carbonyl (C=O) groups excluding carboxylic acids is 1. The Morgan fingerprint density at radius 1 is 1.17 bits per heavy atom. The molecule has 0 aliphatic heterocycles. The second kappa shape index (κ2) is 7.99. The van der Waals surface area contributed by atoms with Gasteiger partial charge in [0, 0.05) is 5.56 Å². The summed E-state index contributed by atoms with van der Waals surface area (Å²) in [7, 11) is 0. The maximum atomic E-state index is 11.7. The Kier molecular flexibility index (Phi) is 6.02. The number of hydrogen-bond donors (Lipinski definition) is 1. The first-order valence-corrected chi connectivity index (χ1v) is 7.69. The van der Waals surface area contributed by atoms with Gasteiger partial charge in [-0.15, -0.1) is 0 Å². The van der Waals surface area contributed by atoms with Crippen molar-refractivity contribution in [2.75, 3.05) is 6.61 Å². The first-order chi connectivity index (χ1) is 11.0. The lowest BCUT2D eigenvalue weighted by atomic mass is 10.1. The normalized spacial score (nSPS) is 10.8. The SMILES string of the molecule is Cc1ccc(OCC(=O)N/N=C\c2c(Cl)cccc2Cl)cc1C. The van der Waals surface area contributed by atoms with Crippen molar-refractivity contribution in [3.8, 4) is 5.75 Å². The van der Waals surface area contributed by atoms with Gasteiger partial charge in [-0.25, -0.2) is 5.43 Å². The van der Waals surface area contributed by atoms with Gasteiger partial charge < -0.3 is 4.74 Å². The topological polar surface area (TPSA) is 50.7 Å². The molecule has 0 saturated carbocycles. The number of nitrogens with zero attached hydrogens (tertiary/aromatic N) is 1. The van der Waals surface area contributed by atoms with E-state index in [1.165, 1.54) is 11.8 Å². The Balaban J connectivity index is 1.87. The molecule has 23 heavy (non-hydrogen) atoms. The van der Waals surface area contributed by atoms with Crippen molar-refractivity contribution in [1.29, 1.82) is 0 Å². The van der Waals surface area contributed by atoms with E-state index in [1.54, 1.807) is 18.2 Å². The summed E-state index contributed by atoms with van der Waals surface area (Å²) in [6.45, 7) is 3.87. The van der Waals surface area contributed by atoms with Gasteiger partial charge in [0.15, 0.2) is 6.61 Å². The monoisotopic (exact) mass is 350 g/mol. The standard InChI is InChI=1S/C17H16Cl2N2O2/c1-11-6-7-13(8-12(11)2)23-10-17(22)21-20-9-14-15(18)4-3-5-16(14)19/h3-9H,10H2,1-2H3,(H,21,22)/b20-9-. The second-order valence-corrected chi connectivity index (χ2v) is 5.78. The van der Waals surface area contributed by atoms with Crippen LogP contribution in [0.2, 0.25) is 10.0 Å². The maximum Gasteiger partial charge on any atom is 0.277 e. The molecule has 0 aliphatic carbocycles. The molecule has 4 nitrogen and oxygen atoms in total. The molecule has 6 heteroatoms. The van der Waals surface area contributed by atoms with Crippen LogP contribution in [0, 0.1) is 13.8 Å². The molecule has 2 aromatic carbocycles. The Labute approximate surface area is 145 Å². The molecule has 0 saturated heterocycles. The summed E-state index contributed by atoms with van der Waals surface area (Å²) < 4.78 is 5.42. The summed E-state index contributed by atoms with van der Waals surface area (Å²) in [6, 6.07) is 10.8. The number of hydrazone groups is 1. The molecule has 120 valence electrons. The quantitative estimate of drug-likeness (QED) is 0.650. The number of hydrogen-bond acceptors (Lipinski definition) is 3. The average molecular weight is 351 g/mol. The minimum Gasteiger partial charge on any atom is -0.484 e. The van der Waals surface area contributed by atoms with Crippen LogP contribution in [0.1, 0.15) is 16.7 Å². The van der Waals surface area contributed by atoms with E-state index in [1.807, 2.05) is 32.0 Å². The molecule has 1 N–H and O–H groups in total. The minimum atomic E-state index is -0.373. The van der Waals surface area contributed by atoms with Crippen LogP contribution in [0.15, 0.2) is 41.5 Å². The molecule has 0 fully saturated rings. The van der Waals surface area contributed by atoms with Gasteiger partial charge in [-0.05, 0) is 49.2 Å². The predicted molar refractivity (Wildman–Crippen MR) is 93.6 cm³/mol. The van der Waals surface area contributed by atoms with Gasteiger partial charge in [0.05, 0.1) is 16.3 Å². The molecule has 2 aromatic rings. The summed E-state index contributed by atoms with van der Waals surface area (Å²) in [5.74, 6) is 0.268. The highest BCUT2D eigenvalue weighted by molar-refractivity contribution is 6.38. The molecule has 0 unspecified atom stereocenters. The van der Waals surface area contributed by atoms with Crippen LogP contribution in [0.25, 0.3) is 0 Å². The first-order valence-electron chi connectivity index (χ1n) is 6.93. The Hall–Kier alpha value is -2.04. The van der Waals surface area contributed by atoms with Gasteiger partial charge in [-0.2, -0.15) is 5.10 Å². The second-order valence-electron chi connectivity index (χ2n) is 4.96. The number of ether oxygens (including phenoxy) is 1. The summed E-state index contributed by atoms with van der Waals surface area (Å²) in [6.07, 6.45) is 1.40. The van der Waals surface area contributed by atoms with Crippen molar-refractivity contribution >= 4 is 35.3 Å². The Morgan fingerprint density at radius 3 is 2.52 bits per heavy atom. The van der Waals surface area contributed by atoms with Crippen LogP contribution >= 0.6 is 23.2 Å². The number of nitrogens with one attached hydrogen (secondary N) is 1. The number of carbonyl (C=O) groups is 1. The molecule has 0 aromatic heterocycles. The van der Waals surface area contributed by atoms with Crippen LogP contribution < -0.4 is 10.2 Å². The van der Waals surface area contributed by atoms with E-state index < -0.39 is 0 Å². The molecule has 0 spiro atoms. The predicted octanol–water partition coefficient (Wildman–Crippen LogP) is 4.14. The molecule has 0 atom stereocenters. The van der Waals surface area contributed by atoms with Crippen LogP contribution in [0.4, 0.5) is 0 Å². The van der Waals surface area contributed by atoms with E-state index in [2.05, 4.69) is 10.5 Å². The zero-order chi connectivity index (χ0) is 16.8. The summed E-state index contributed by atoms with van der Waals surface area (Å²) in [5.41, 5.74) is 5.19. The highest BCUT2D eigenvalue weighted by atomic mass is 35.5. The van der Waals surface area contributed by atoms with Crippen molar-refractivity contribution in [3.63, 3.8) is 0 Å². The lowest BCUT2D eigenvalue weighted by Gasteiger charge is -2.07. The Morgan fingerprint density at radius 2 is 1.87 bits per heavy atom. The van der Waals surface area contributed by atoms with Gasteiger partial charge in [0.25, 0.3) is 5.91 Å². The van der Waals surface area contributed by atoms with Gasteiger partial charge in [0.1, 0.15) is 5.75 Å². The van der Waals surface area contributed by atoms with Gasteiger partial charge in [0.2, 0.25) is 0 Å². The highest BCUT2D eigenvalue weighted by Gasteiger charge is 2.04. The minimum absolute atomic E-state index is 0.129. The number of benzene rings is 2. The zero-order valence-corrected chi connectivity index (χ0v) is 14.3. The molecular formula is C17H16Cl2N2O2. The molecular weight excluding hydrogens is 335 g/mol. The third-order valence-electron chi connectivity index (χ3n) is 3.23. The fourth-order valence-electron chi connectivity index (χ4n) is 1.79. The smallest absolute Gasteiger partial charge is 0.277 e. The number of halogens is 2. The summed E-state index contributed by atoms with van der Waals surface area (Å²) in [5, 5.41) is 4.75. The fraction of sp³-hybridized carbons (Fsp3) is 0.176. The fourth-order valence-corrected chi connectivity index (χ4v) is 2.28. The third kappa shape index (κ3) is 4.98. The van der Waals surface area contributed by atoms with Gasteiger partial charge in [-0.1, -0.05) is 35.3 Å². The van der Waals surface area contributed by atoms with E-state index in [9.17, 15) is 4.79 Å². The van der Waals surface area contributed by atoms with Crippen LogP contribution in [0.5, 0.6) is 5.75 Å². The number of amides is 1. The summed E-state index contributed by atoms with van der Waals surface area (Å²) >= 11 is 12.0. The maximum absolute atomic E-state index is 11.7. The third-order valence-corrected chi connectivity index (χ3v) is 3.89. The number of rotatable bonds is 5. The van der Waals surface area contributed by atoms with Crippen molar-refractivity contribution in [2.24, 2.45) is 5.10 Å². The van der Waals surface area contributed by atoms with E-state index in [0.29, 0.717) is 21.4 Å². The van der Waals surface area contributed by atoms with Gasteiger partial charge >= 0.3 is 0 Å². The largest absolute Gasteiger partial charge is 0.484 e. The molecule has 0 radical (unpaired) electrons. The number of aryl methyl sites for hydroxylation is 2. The molecule has 0 aliphatic rings. The molecule has 0 bridgehead atoms. The van der Waals surface area contributed by atoms with Crippen molar-refractivity contribution in [3.05, 3.63) is 63.1 Å². The molecule has 2 rings (SSSR count). The van der Waals surface area contributed by atoms with Gasteiger partial charge in [-0.3, -0.25) is 4.79 Å². The average Bonchev–Trinajstić information content (AvgIpc) is 2.51. The van der Waals surface area contributed by atoms with Crippen LogP contribution in [-0.2, 0) is 4.79 Å². The lowest BCUT2D eigenvalue weighted by Crippen LogP contribution is -2.24. The lowest BCUT2D eigenvalue weighted by molar-refractivity contribution is -0.123. The summed E-state index contributed by atoms with van der Waals surface area (Å²) in [4.78, 5) is 11.7. The van der Waals surface area contributed by atoms with Crippen LogP contribution in [0.3, 0.4) is 0 Å². The van der Waals surface area contributed by atoms with Crippen LogP contribution in [-0.4, -0.2) is 18.7 Å². The van der Waals surface area contributed by atoms with Crippen molar-refractivity contribution < 1.29 is 9.53 Å². The molecule has 1 amide bonds. The van der Waals surface area contributed by atoms with E-state index in [0.717, 1.165) is 5.56 Å². The molecule has 0 heterocycles. The van der Waals surface area contributed by atoms with E-state index in [-0.39, 0.29) is 12.5 Å².